The van der Waals surface area contributed by atoms with Crippen LogP contribution in [0.15, 0.2) is 28.6 Å². The predicted molar refractivity (Wildman–Crippen MR) is 69.8 cm³/mol. The third-order valence-electron chi connectivity index (χ3n) is 2.07. The zero-order valence-corrected chi connectivity index (χ0v) is 11.7. The maximum Gasteiger partial charge on any atom is 0.179 e. The standard InChI is InChI=1S/C11H12Cl2O3S/c1-8-4-5-9(17(2,14)15)11(10(8)13)16-7-3-6-12/h3-6H,7H2,1-2H3/b6-3+. The minimum absolute atomic E-state index is 0.0797. The molecule has 0 N–H and O–H groups in total. The lowest BCUT2D eigenvalue weighted by Crippen LogP contribution is -2.04. The highest BCUT2D eigenvalue weighted by Gasteiger charge is 2.18. The number of sulfone groups is 1. The van der Waals surface area contributed by atoms with Crippen molar-refractivity contribution in [1.29, 1.82) is 0 Å². The molecular formula is C11H12Cl2O3S. The number of ether oxygens (including phenoxy) is 1. The summed E-state index contributed by atoms with van der Waals surface area (Å²) in [6.07, 6.45) is 2.66. The Morgan fingerprint density at radius 1 is 1.41 bits per heavy atom. The van der Waals surface area contributed by atoms with Gasteiger partial charge in [0.1, 0.15) is 11.5 Å². The van der Waals surface area contributed by atoms with E-state index in [1.807, 2.05) is 0 Å². The largest absolute Gasteiger partial charge is 0.487 e. The number of benzene rings is 1. The molecule has 94 valence electrons. The Bertz CT molecular complexity index is 536. The Balaban J connectivity index is 3.27. The van der Waals surface area contributed by atoms with Gasteiger partial charge in [0.25, 0.3) is 0 Å². The fourth-order valence-corrected chi connectivity index (χ4v) is 2.39. The molecule has 3 nitrogen and oxygen atoms in total. The Morgan fingerprint density at radius 3 is 2.59 bits per heavy atom. The molecule has 0 saturated heterocycles. The SMILES string of the molecule is Cc1ccc(S(C)(=O)=O)c(OC/C=C/Cl)c1Cl. The Kier molecular flexibility index (Phi) is 4.86. The van der Waals surface area contributed by atoms with Crippen LogP contribution in [0.2, 0.25) is 5.02 Å². The van der Waals surface area contributed by atoms with E-state index >= 15 is 0 Å². The van der Waals surface area contributed by atoms with E-state index in [0.717, 1.165) is 11.8 Å². The fourth-order valence-electron chi connectivity index (χ4n) is 1.23. The van der Waals surface area contributed by atoms with Crippen LogP contribution >= 0.6 is 23.2 Å². The molecule has 0 atom stereocenters. The first-order valence-electron chi connectivity index (χ1n) is 4.75. The van der Waals surface area contributed by atoms with Crippen LogP contribution < -0.4 is 4.74 Å². The van der Waals surface area contributed by atoms with Gasteiger partial charge in [-0.05, 0) is 24.6 Å². The van der Waals surface area contributed by atoms with Gasteiger partial charge in [0.2, 0.25) is 0 Å². The van der Waals surface area contributed by atoms with Gasteiger partial charge in [0, 0.05) is 11.8 Å². The molecule has 0 aliphatic rings. The van der Waals surface area contributed by atoms with E-state index in [1.54, 1.807) is 19.1 Å². The third-order valence-corrected chi connectivity index (χ3v) is 3.83. The van der Waals surface area contributed by atoms with Crippen molar-refractivity contribution in [2.24, 2.45) is 0 Å². The molecule has 1 aromatic carbocycles. The molecule has 0 aliphatic carbocycles. The quantitative estimate of drug-likeness (QED) is 0.857. The molecule has 0 radical (unpaired) electrons. The second-order valence-electron chi connectivity index (χ2n) is 3.47. The summed E-state index contributed by atoms with van der Waals surface area (Å²) in [4.78, 5) is 0.0797. The summed E-state index contributed by atoms with van der Waals surface area (Å²) >= 11 is 11.4. The zero-order valence-electron chi connectivity index (χ0n) is 9.41. The first kappa shape index (κ1) is 14.4. The van der Waals surface area contributed by atoms with Gasteiger partial charge >= 0.3 is 0 Å². The number of halogens is 2. The highest BCUT2D eigenvalue weighted by Crippen LogP contribution is 2.34. The third kappa shape index (κ3) is 3.63. The number of hydrogen-bond donors (Lipinski definition) is 0. The minimum atomic E-state index is -3.38. The van der Waals surface area contributed by atoms with Crippen LogP contribution in [0.4, 0.5) is 0 Å². The highest BCUT2D eigenvalue weighted by molar-refractivity contribution is 7.90. The Hall–Kier alpha value is -0.710. The first-order valence-corrected chi connectivity index (χ1v) is 7.45. The summed E-state index contributed by atoms with van der Waals surface area (Å²) in [5.41, 5.74) is 2.05. The summed E-state index contributed by atoms with van der Waals surface area (Å²) in [6.45, 7) is 1.94. The van der Waals surface area contributed by atoms with Gasteiger partial charge in [-0.2, -0.15) is 0 Å². The maximum atomic E-state index is 11.6. The predicted octanol–water partition coefficient (Wildman–Crippen LogP) is 3.18. The van der Waals surface area contributed by atoms with Crippen LogP contribution in [0, 0.1) is 6.92 Å². The first-order chi connectivity index (χ1) is 7.88. The molecule has 0 aromatic heterocycles. The van der Waals surface area contributed by atoms with E-state index in [2.05, 4.69) is 0 Å². The van der Waals surface area contributed by atoms with E-state index in [1.165, 1.54) is 11.6 Å². The summed E-state index contributed by atoms with van der Waals surface area (Å²) < 4.78 is 28.5. The maximum absolute atomic E-state index is 11.6. The number of aryl methyl sites for hydroxylation is 1. The average molecular weight is 295 g/mol. The summed E-state index contributed by atoms with van der Waals surface area (Å²) in [7, 11) is -3.38. The van der Waals surface area contributed by atoms with Crippen molar-refractivity contribution in [1.82, 2.24) is 0 Å². The van der Waals surface area contributed by atoms with Gasteiger partial charge in [-0.25, -0.2) is 8.42 Å². The van der Waals surface area contributed by atoms with E-state index in [9.17, 15) is 8.42 Å². The van der Waals surface area contributed by atoms with E-state index < -0.39 is 9.84 Å². The van der Waals surface area contributed by atoms with Gasteiger partial charge in [0.05, 0.1) is 5.02 Å². The second kappa shape index (κ2) is 5.76. The van der Waals surface area contributed by atoms with Crippen molar-refractivity contribution in [3.63, 3.8) is 0 Å². The van der Waals surface area contributed by atoms with Gasteiger partial charge in [-0.3, -0.25) is 0 Å². The lowest BCUT2D eigenvalue weighted by atomic mass is 10.2. The fraction of sp³-hybridized carbons (Fsp3) is 0.273. The van der Waals surface area contributed by atoms with Crippen LogP contribution in [0.25, 0.3) is 0 Å². The van der Waals surface area contributed by atoms with Crippen molar-refractivity contribution in [2.75, 3.05) is 12.9 Å². The molecule has 1 aromatic rings. The molecule has 0 spiro atoms. The molecular weight excluding hydrogens is 283 g/mol. The van der Waals surface area contributed by atoms with Gasteiger partial charge in [-0.15, -0.1) is 0 Å². The average Bonchev–Trinajstić information content (AvgIpc) is 2.23. The summed E-state index contributed by atoms with van der Waals surface area (Å²) in [6, 6.07) is 3.12. The molecule has 0 aliphatic heterocycles. The molecule has 0 unspecified atom stereocenters. The molecule has 0 saturated carbocycles. The van der Waals surface area contributed by atoms with Crippen LogP contribution in [0.3, 0.4) is 0 Å². The monoisotopic (exact) mass is 294 g/mol. The second-order valence-corrected chi connectivity index (χ2v) is 6.08. The number of hydrogen-bond acceptors (Lipinski definition) is 3. The zero-order chi connectivity index (χ0) is 13.1. The van der Waals surface area contributed by atoms with Crippen molar-refractivity contribution in [2.45, 2.75) is 11.8 Å². The van der Waals surface area contributed by atoms with Crippen molar-refractivity contribution in [3.8, 4) is 5.75 Å². The van der Waals surface area contributed by atoms with E-state index in [-0.39, 0.29) is 17.3 Å². The van der Waals surface area contributed by atoms with E-state index in [0.29, 0.717) is 5.02 Å². The highest BCUT2D eigenvalue weighted by atomic mass is 35.5. The molecule has 17 heavy (non-hydrogen) atoms. The Morgan fingerprint density at radius 2 is 2.06 bits per heavy atom. The lowest BCUT2D eigenvalue weighted by Gasteiger charge is -2.12. The van der Waals surface area contributed by atoms with Crippen LogP contribution in [-0.4, -0.2) is 21.3 Å². The molecule has 1 rings (SSSR count). The molecule has 0 amide bonds. The van der Waals surface area contributed by atoms with Crippen molar-refractivity contribution >= 4 is 33.0 Å². The molecule has 0 fully saturated rings. The van der Waals surface area contributed by atoms with Crippen molar-refractivity contribution in [3.05, 3.63) is 34.3 Å². The van der Waals surface area contributed by atoms with Crippen LogP contribution in [0.5, 0.6) is 5.75 Å². The molecule has 0 heterocycles. The van der Waals surface area contributed by atoms with Crippen LogP contribution in [-0.2, 0) is 9.84 Å². The normalized spacial score (nSPS) is 12.0. The Labute approximate surface area is 111 Å². The van der Waals surface area contributed by atoms with Gasteiger partial charge in [0.15, 0.2) is 15.6 Å². The smallest absolute Gasteiger partial charge is 0.179 e. The summed E-state index contributed by atoms with van der Waals surface area (Å²) in [5, 5.41) is 0.302. The lowest BCUT2D eigenvalue weighted by molar-refractivity contribution is 0.353. The van der Waals surface area contributed by atoms with Gasteiger partial charge < -0.3 is 4.74 Å². The van der Waals surface area contributed by atoms with Crippen molar-refractivity contribution < 1.29 is 13.2 Å². The molecule has 6 heteroatoms. The molecule has 0 bridgehead atoms. The van der Waals surface area contributed by atoms with Gasteiger partial charge in [-0.1, -0.05) is 29.3 Å². The van der Waals surface area contributed by atoms with Crippen LogP contribution in [0.1, 0.15) is 5.56 Å². The van der Waals surface area contributed by atoms with E-state index in [4.69, 9.17) is 27.9 Å². The minimum Gasteiger partial charge on any atom is -0.487 e. The topological polar surface area (TPSA) is 43.4 Å². The summed E-state index contributed by atoms with van der Waals surface area (Å²) in [5.74, 6) is 0.170. The number of rotatable bonds is 4.